The summed E-state index contributed by atoms with van der Waals surface area (Å²) >= 11 is 0. The average Bonchev–Trinajstić information content (AvgIpc) is 3.56. The Labute approximate surface area is 358 Å². The van der Waals surface area contributed by atoms with Crippen LogP contribution in [0.3, 0.4) is 0 Å². The second-order valence-electron chi connectivity index (χ2n) is 18.9. The van der Waals surface area contributed by atoms with Gasteiger partial charge in [-0.2, -0.15) is 0 Å². The van der Waals surface area contributed by atoms with Crippen molar-refractivity contribution in [2.24, 2.45) is 5.41 Å². The number of hydrogen-bond donors (Lipinski definition) is 5. The number of anilines is 1. The first-order valence-corrected chi connectivity index (χ1v) is 26.3. The highest BCUT2D eigenvalue weighted by Gasteiger charge is 2.50. The molecule has 0 radical (unpaired) electrons. The van der Waals surface area contributed by atoms with Crippen LogP contribution in [-0.2, 0) is 54.6 Å². The normalized spacial score (nSPS) is 16.3. The van der Waals surface area contributed by atoms with Crippen LogP contribution in [0.1, 0.15) is 112 Å². The number of benzene rings is 1. The fraction of sp³-hybridized carbons (Fsp3) is 0.714. The van der Waals surface area contributed by atoms with Gasteiger partial charge in [0.1, 0.15) is 29.3 Å². The van der Waals surface area contributed by atoms with E-state index in [0.717, 1.165) is 19.1 Å². The topological polar surface area (TPSA) is 224 Å². The molecule has 18 heteroatoms. The Morgan fingerprint density at radius 3 is 2.00 bits per heavy atom. The van der Waals surface area contributed by atoms with Gasteiger partial charge >= 0.3 is 18.0 Å². The number of esters is 2. The van der Waals surface area contributed by atoms with Gasteiger partial charge in [0.05, 0.1) is 20.9 Å². The van der Waals surface area contributed by atoms with Crippen LogP contribution >= 0.6 is 0 Å². The standard InChI is InChI=1S/C42H71N5O11SSi/c1-13-56-37(51)34(46-35(49)31(44-28(2)48)21-14-17-24-43-39(53)58-41(6,7)8)33(60(10,11)12)27-42(22-15-16-23-42)38(52)45-32(36(50)57-40(3,4)5)26-29-19-18-20-30(25-29)47-59(9,54)55/h18-20,25,31-34,47H,13-17,21-24,26-27H2,1-12H3,(H,43,53)(H,44,48)(H,45,52)(H,46,49)/t31-,32-,33-,34?/m0/s1. The van der Waals surface area contributed by atoms with Gasteiger partial charge in [-0.25, -0.2) is 22.8 Å². The summed E-state index contributed by atoms with van der Waals surface area (Å²) in [6, 6.07) is 3.28. The molecule has 1 saturated carbocycles. The van der Waals surface area contributed by atoms with Gasteiger partial charge in [0, 0.05) is 31.0 Å². The third kappa shape index (κ3) is 18.6. The average molecular weight is 882 g/mol. The van der Waals surface area contributed by atoms with Crippen LogP contribution in [0.2, 0.25) is 25.2 Å². The number of carbonyl (C=O) groups is 6. The summed E-state index contributed by atoms with van der Waals surface area (Å²) in [5, 5.41) is 11.3. The summed E-state index contributed by atoms with van der Waals surface area (Å²) in [5.41, 5.74) is -2.17. The molecule has 5 N–H and O–H groups in total. The Morgan fingerprint density at radius 2 is 1.47 bits per heavy atom. The van der Waals surface area contributed by atoms with E-state index in [2.05, 4.69) is 45.6 Å². The van der Waals surface area contributed by atoms with Crippen LogP contribution in [0, 0.1) is 5.41 Å². The van der Waals surface area contributed by atoms with E-state index in [0.29, 0.717) is 36.9 Å². The van der Waals surface area contributed by atoms with E-state index in [1.807, 2.05) is 0 Å². The predicted molar refractivity (Wildman–Crippen MR) is 233 cm³/mol. The van der Waals surface area contributed by atoms with Crippen molar-refractivity contribution in [3.05, 3.63) is 29.8 Å². The maximum absolute atomic E-state index is 14.7. The number of ether oxygens (including phenoxy) is 3. The summed E-state index contributed by atoms with van der Waals surface area (Å²) in [7, 11) is -6.04. The highest BCUT2D eigenvalue weighted by atomic mass is 32.2. The van der Waals surface area contributed by atoms with Crippen molar-refractivity contribution in [3.63, 3.8) is 0 Å². The number of hydrogen-bond acceptors (Lipinski definition) is 11. The second-order valence-corrected chi connectivity index (χ2v) is 26.1. The number of alkyl carbamates (subject to hydrolysis) is 1. The molecule has 0 saturated heterocycles. The lowest BCUT2D eigenvalue weighted by Crippen LogP contribution is -2.57. The van der Waals surface area contributed by atoms with Crippen molar-refractivity contribution in [1.29, 1.82) is 0 Å². The van der Waals surface area contributed by atoms with E-state index in [-0.39, 0.29) is 38.3 Å². The molecule has 2 rings (SSSR count). The minimum absolute atomic E-state index is 0.0105. The largest absolute Gasteiger partial charge is 0.464 e. The maximum Gasteiger partial charge on any atom is 0.407 e. The number of unbranched alkanes of at least 4 members (excludes halogenated alkanes) is 1. The molecule has 340 valence electrons. The Morgan fingerprint density at radius 1 is 0.850 bits per heavy atom. The predicted octanol–water partition coefficient (Wildman–Crippen LogP) is 5.33. The summed E-state index contributed by atoms with van der Waals surface area (Å²) in [6.45, 7) is 19.9. The molecular weight excluding hydrogens is 811 g/mol. The number of carbonyl (C=O) groups excluding carboxylic acids is 6. The van der Waals surface area contributed by atoms with Gasteiger partial charge in [0.2, 0.25) is 27.7 Å². The molecule has 0 bridgehead atoms. The minimum Gasteiger partial charge on any atom is -0.464 e. The number of sulfonamides is 1. The Kier molecular flexibility index (Phi) is 19.1. The quantitative estimate of drug-likeness (QED) is 0.0459. The van der Waals surface area contributed by atoms with Crippen LogP contribution in [0.5, 0.6) is 0 Å². The summed E-state index contributed by atoms with van der Waals surface area (Å²) in [5.74, 6) is -2.70. The molecule has 4 amide bonds. The zero-order valence-electron chi connectivity index (χ0n) is 37.8. The second kappa shape index (κ2) is 22.1. The Bertz CT molecular complexity index is 1760. The fourth-order valence-electron chi connectivity index (χ4n) is 7.31. The van der Waals surface area contributed by atoms with Crippen molar-refractivity contribution < 1.29 is 51.4 Å². The van der Waals surface area contributed by atoms with Gasteiger partial charge in [0.25, 0.3) is 0 Å². The molecule has 1 aliphatic carbocycles. The van der Waals surface area contributed by atoms with Crippen molar-refractivity contribution in [2.75, 3.05) is 24.1 Å². The molecule has 1 unspecified atom stereocenters. The number of nitrogens with one attached hydrogen (secondary N) is 5. The van der Waals surface area contributed by atoms with Gasteiger partial charge in [0.15, 0.2) is 0 Å². The molecule has 1 fully saturated rings. The lowest BCUT2D eigenvalue weighted by molar-refractivity contribution is -0.159. The molecule has 0 aromatic heterocycles. The molecule has 4 atom stereocenters. The molecule has 1 aromatic rings. The maximum atomic E-state index is 14.7. The summed E-state index contributed by atoms with van der Waals surface area (Å²) in [4.78, 5) is 80.7. The number of amides is 4. The van der Waals surface area contributed by atoms with Crippen LogP contribution < -0.4 is 26.0 Å². The van der Waals surface area contributed by atoms with E-state index >= 15 is 0 Å². The molecule has 16 nitrogen and oxygen atoms in total. The number of rotatable bonds is 21. The summed E-state index contributed by atoms with van der Waals surface area (Å²) < 4.78 is 42.9. The fourth-order valence-corrected chi connectivity index (χ4v) is 10.1. The monoisotopic (exact) mass is 881 g/mol. The van der Waals surface area contributed by atoms with Crippen LogP contribution in [-0.4, -0.2) is 101 Å². The smallest absolute Gasteiger partial charge is 0.407 e. The molecule has 0 heterocycles. The van der Waals surface area contributed by atoms with Gasteiger partial charge < -0.3 is 35.5 Å². The highest BCUT2D eigenvalue weighted by Crippen LogP contribution is 2.48. The van der Waals surface area contributed by atoms with Crippen LogP contribution in [0.25, 0.3) is 0 Å². The molecule has 1 aromatic carbocycles. The third-order valence-electron chi connectivity index (χ3n) is 9.95. The molecule has 0 aliphatic heterocycles. The van der Waals surface area contributed by atoms with E-state index in [4.69, 9.17) is 14.2 Å². The van der Waals surface area contributed by atoms with Gasteiger partial charge in [-0.3, -0.25) is 19.1 Å². The van der Waals surface area contributed by atoms with Gasteiger partial charge in [-0.15, -0.1) is 0 Å². The van der Waals surface area contributed by atoms with Crippen LogP contribution in [0.15, 0.2) is 24.3 Å². The van der Waals surface area contributed by atoms with Gasteiger partial charge in [-0.05, 0) is 110 Å². The lowest BCUT2D eigenvalue weighted by Gasteiger charge is -2.41. The minimum atomic E-state index is -3.58. The third-order valence-corrected chi connectivity index (χ3v) is 13.3. The Hall–Kier alpha value is -4.19. The Balaban J connectivity index is 2.45. The van der Waals surface area contributed by atoms with Crippen molar-refractivity contribution in [2.45, 2.75) is 168 Å². The first-order chi connectivity index (χ1) is 27.5. The highest BCUT2D eigenvalue weighted by molar-refractivity contribution is 7.92. The molecule has 60 heavy (non-hydrogen) atoms. The van der Waals surface area contributed by atoms with E-state index in [1.54, 1.807) is 72.7 Å². The first kappa shape index (κ1) is 51.9. The molecule has 0 spiro atoms. The van der Waals surface area contributed by atoms with Crippen LogP contribution in [0.4, 0.5) is 10.5 Å². The zero-order valence-corrected chi connectivity index (χ0v) is 39.6. The van der Waals surface area contributed by atoms with E-state index in [9.17, 15) is 37.2 Å². The molecular formula is C42H71N5O11SSi. The van der Waals surface area contributed by atoms with Gasteiger partial charge in [-0.1, -0.05) is 44.6 Å². The lowest BCUT2D eigenvalue weighted by atomic mass is 9.78. The zero-order chi connectivity index (χ0) is 45.7. The van der Waals surface area contributed by atoms with E-state index < -0.39 is 88.2 Å². The molecule has 1 aliphatic rings. The van der Waals surface area contributed by atoms with Crippen molar-refractivity contribution in [1.82, 2.24) is 21.3 Å². The van der Waals surface area contributed by atoms with Crippen molar-refractivity contribution >= 4 is 59.5 Å². The SMILES string of the molecule is CCOC(=O)C(NC(=O)[C@H](CCCCNC(=O)OC(C)(C)C)NC(C)=O)[C@H](CC1(C(=O)N[C@@H](Cc2cccc(NS(C)(=O)=O)c2)C(=O)OC(C)(C)C)CCCC1)[Si](C)(C)C. The van der Waals surface area contributed by atoms with Crippen molar-refractivity contribution in [3.8, 4) is 0 Å². The summed E-state index contributed by atoms with van der Waals surface area (Å²) in [6.07, 6.45) is 4.28. The first-order valence-electron chi connectivity index (χ1n) is 20.9. The van der Waals surface area contributed by atoms with E-state index in [1.165, 1.54) is 6.92 Å².